The number of ether oxygens (including phenoxy) is 1. The zero-order valence-electron chi connectivity index (χ0n) is 11.2. The summed E-state index contributed by atoms with van der Waals surface area (Å²) < 4.78 is 5.82. The van der Waals surface area contributed by atoms with Crippen LogP contribution in [0.25, 0.3) is 0 Å². The van der Waals surface area contributed by atoms with E-state index in [1.165, 1.54) is 57.9 Å². The van der Waals surface area contributed by atoms with Crippen LogP contribution in [0.3, 0.4) is 0 Å². The molecule has 2 nitrogen and oxygen atoms in total. The van der Waals surface area contributed by atoms with Crippen molar-refractivity contribution in [3.63, 3.8) is 0 Å². The molecule has 17 heavy (non-hydrogen) atoms. The SMILES string of the molecule is CCCC1CC(NCC2(C3CC3)CC2)CCO1. The molecule has 2 aliphatic carbocycles. The van der Waals surface area contributed by atoms with Crippen LogP contribution >= 0.6 is 0 Å². The summed E-state index contributed by atoms with van der Waals surface area (Å²) >= 11 is 0. The summed E-state index contributed by atoms with van der Waals surface area (Å²) in [5, 5.41) is 3.85. The van der Waals surface area contributed by atoms with E-state index in [1.54, 1.807) is 0 Å². The van der Waals surface area contributed by atoms with Gasteiger partial charge in [0.1, 0.15) is 0 Å². The maximum absolute atomic E-state index is 5.82. The Labute approximate surface area is 105 Å². The Morgan fingerprint density at radius 3 is 2.71 bits per heavy atom. The molecule has 0 spiro atoms. The standard InChI is InChI=1S/C15H27NO/c1-2-3-14-10-13(6-9-17-14)16-11-15(7-8-15)12-4-5-12/h12-14,16H,2-11H2,1H3. The van der Waals surface area contributed by atoms with Gasteiger partial charge in [0, 0.05) is 19.2 Å². The van der Waals surface area contributed by atoms with Gasteiger partial charge in [-0.3, -0.25) is 0 Å². The second-order valence-electron chi connectivity index (χ2n) is 6.52. The molecule has 3 rings (SSSR count). The summed E-state index contributed by atoms with van der Waals surface area (Å²) in [5.41, 5.74) is 0.749. The first-order valence-corrected chi connectivity index (χ1v) is 7.67. The van der Waals surface area contributed by atoms with Crippen molar-refractivity contribution in [2.45, 2.75) is 70.4 Å². The number of hydrogen-bond donors (Lipinski definition) is 1. The van der Waals surface area contributed by atoms with Crippen molar-refractivity contribution in [3.05, 3.63) is 0 Å². The van der Waals surface area contributed by atoms with Crippen LogP contribution in [0.2, 0.25) is 0 Å². The molecule has 2 atom stereocenters. The van der Waals surface area contributed by atoms with Gasteiger partial charge in [-0.2, -0.15) is 0 Å². The largest absolute Gasteiger partial charge is 0.378 e. The van der Waals surface area contributed by atoms with E-state index < -0.39 is 0 Å². The fourth-order valence-electron chi connectivity index (χ4n) is 3.52. The molecule has 1 saturated heterocycles. The summed E-state index contributed by atoms with van der Waals surface area (Å²) in [5.74, 6) is 1.08. The first-order chi connectivity index (χ1) is 8.32. The zero-order chi connectivity index (χ0) is 11.7. The van der Waals surface area contributed by atoms with Crippen LogP contribution in [0.5, 0.6) is 0 Å². The van der Waals surface area contributed by atoms with Crippen molar-refractivity contribution in [1.82, 2.24) is 5.32 Å². The second-order valence-corrected chi connectivity index (χ2v) is 6.52. The van der Waals surface area contributed by atoms with Crippen molar-refractivity contribution >= 4 is 0 Å². The molecule has 1 N–H and O–H groups in total. The van der Waals surface area contributed by atoms with Crippen LogP contribution in [0, 0.1) is 11.3 Å². The summed E-state index contributed by atoms with van der Waals surface area (Å²) in [6.45, 7) is 4.52. The molecule has 3 aliphatic rings. The molecule has 2 heteroatoms. The van der Waals surface area contributed by atoms with Gasteiger partial charge < -0.3 is 10.1 Å². The van der Waals surface area contributed by atoms with Gasteiger partial charge in [0.15, 0.2) is 0 Å². The predicted molar refractivity (Wildman–Crippen MR) is 70.1 cm³/mol. The van der Waals surface area contributed by atoms with Gasteiger partial charge in [-0.25, -0.2) is 0 Å². The van der Waals surface area contributed by atoms with Crippen LogP contribution in [0.4, 0.5) is 0 Å². The molecule has 0 aromatic carbocycles. The molecule has 0 bridgehead atoms. The van der Waals surface area contributed by atoms with Crippen LogP contribution in [-0.2, 0) is 4.74 Å². The maximum Gasteiger partial charge on any atom is 0.0589 e. The molecule has 0 aromatic rings. The highest BCUT2D eigenvalue weighted by atomic mass is 16.5. The fourth-order valence-corrected chi connectivity index (χ4v) is 3.52. The van der Waals surface area contributed by atoms with Gasteiger partial charge in [-0.15, -0.1) is 0 Å². The van der Waals surface area contributed by atoms with E-state index in [0.29, 0.717) is 6.10 Å². The van der Waals surface area contributed by atoms with E-state index in [2.05, 4.69) is 12.2 Å². The Morgan fingerprint density at radius 1 is 1.24 bits per heavy atom. The highest BCUT2D eigenvalue weighted by Gasteiger charge is 2.53. The Hall–Kier alpha value is -0.0800. The Kier molecular flexibility index (Phi) is 3.45. The summed E-state index contributed by atoms with van der Waals surface area (Å²) in [6.07, 6.45) is 11.5. The number of nitrogens with one attached hydrogen (secondary N) is 1. The second kappa shape index (κ2) is 4.89. The smallest absolute Gasteiger partial charge is 0.0589 e. The highest BCUT2D eigenvalue weighted by molar-refractivity contribution is 5.05. The lowest BCUT2D eigenvalue weighted by atomic mass is 9.97. The summed E-state index contributed by atoms with van der Waals surface area (Å²) in [4.78, 5) is 0. The molecule has 3 fully saturated rings. The normalized spacial score (nSPS) is 35.8. The predicted octanol–water partition coefficient (Wildman–Crippen LogP) is 3.11. The van der Waals surface area contributed by atoms with E-state index in [0.717, 1.165) is 24.0 Å². The van der Waals surface area contributed by atoms with E-state index >= 15 is 0 Å². The van der Waals surface area contributed by atoms with Gasteiger partial charge in [0.25, 0.3) is 0 Å². The van der Waals surface area contributed by atoms with Gasteiger partial charge in [-0.05, 0) is 56.3 Å². The first kappa shape index (κ1) is 12.0. The Bertz CT molecular complexity index is 256. The van der Waals surface area contributed by atoms with Crippen molar-refractivity contribution in [2.24, 2.45) is 11.3 Å². The van der Waals surface area contributed by atoms with Gasteiger partial charge in [0.2, 0.25) is 0 Å². The summed E-state index contributed by atoms with van der Waals surface area (Å²) in [7, 11) is 0. The lowest BCUT2D eigenvalue weighted by Gasteiger charge is -2.31. The minimum atomic E-state index is 0.530. The van der Waals surface area contributed by atoms with E-state index in [-0.39, 0.29) is 0 Å². The topological polar surface area (TPSA) is 21.3 Å². The Morgan fingerprint density at radius 2 is 2.06 bits per heavy atom. The van der Waals surface area contributed by atoms with Crippen LogP contribution < -0.4 is 5.32 Å². The summed E-state index contributed by atoms with van der Waals surface area (Å²) in [6, 6.07) is 0.733. The molecule has 2 saturated carbocycles. The molecule has 0 amide bonds. The van der Waals surface area contributed by atoms with Crippen molar-refractivity contribution in [2.75, 3.05) is 13.2 Å². The van der Waals surface area contributed by atoms with E-state index in [9.17, 15) is 0 Å². The van der Waals surface area contributed by atoms with Crippen molar-refractivity contribution < 1.29 is 4.74 Å². The number of hydrogen-bond acceptors (Lipinski definition) is 2. The molecule has 2 unspecified atom stereocenters. The minimum Gasteiger partial charge on any atom is -0.378 e. The number of rotatable bonds is 6. The van der Waals surface area contributed by atoms with Crippen molar-refractivity contribution in [1.29, 1.82) is 0 Å². The average molecular weight is 237 g/mol. The molecule has 0 aromatic heterocycles. The first-order valence-electron chi connectivity index (χ1n) is 7.67. The third-order valence-corrected chi connectivity index (χ3v) is 5.06. The minimum absolute atomic E-state index is 0.530. The van der Waals surface area contributed by atoms with Gasteiger partial charge in [0.05, 0.1) is 6.10 Å². The van der Waals surface area contributed by atoms with Gasteiger partial charge in [-0.1, -0.05) is 13.3 Å². The van der Waals surface area contributed by atoms with E-state index in [1.807, 2.05) is 0 Å². The monoisotopic (exact) mass is 237 g/mol. The molecular weight excluding hydrogens is 210 g/mol. The van der Waals surface area contributed by atoms with Crippen LogP contribution in [0.1, 0.15) is 58.3 Å². The third kappa shape index (κ3) is 2.85. The van der Waals surface area contributed by atoms with Gasteiger partial charge >= 0.3 is 0 Å². The van der Waals surface area contributed by atoms with Crippen LogP contribution in [0.15, 0.2) is 0 Å². The van der Waals surface area contributed by atoms with Crippen molar-refractivity contribution in [3.8, 4) is 0 Å². The van der Waals surface area contributed by atoms with E-state index in [4.69, 9.17) is 4.74 Å². The average Bonchev–Trinajstić information content (AvgIpc) is 3.19. The highest BCUT2D eigenvalue weighted by Crippen LogP contribution is 2.60. The third-order valence-electron chi connectivity index (χ3n) is 5.06. The molecule has 1 heterocycles. The maximum atomic E-state index is 5.82. The molecule has 98 valence electrons. The Balaban J connectivity index is 1.42. The zero-order valence-corrected chi connectivity index (χ0v) is 11.2. The molecule has 0 radical (unpaired) electrons. The quantitative estimate of drug-likeness (QED) is 0.766. The van der Waals surface area contributed by atoms with Crippen LogP contribution in [-0.4, -0.2) is 25.3 Å². The molecular formula is C15H27NO. The fraction of sp³-hybridized carbons (Fsp3) is 1.00. The lowest BCUT2D eigenvalue weighted by molar-refractivity contribution is -0.00406. The lowest BCUT2D eigenvalue weighted by Crippen LogP contribution is -2.41. The molecule has 1 aliphatic heterocycles.